The Morgan fingerprint density at radius 2 is 1.84 bits per heavy atom. The first kappa shape index (κ1) is 19.5. The molecule has 0 saturated heterocycles. The number of carbonyl (C=O) groups excluding carboxylic acids is 2. The highest BCUT2D eigenvalue weighted by atomic mass is 32.3. The number of rotatable bonds is 4. The molecule has 138 valence electrons. The molecule has 2 rings (SSSR count). The van der Waals surface area contributed by atoms with Crippen LogP contribution < -0.4 is 5.32 Å². The molecular weight excluding hydrogens is 342 g/mol. The number of ether oxygens (including phenoxy) is 1. The van der Waals surface area contributed by atoms with Gasteiger partial charge in [0.15, 0.2) is 0 Å². The minimum atomic E-state index is -3.00. The first-order chi connectivity index (χ1) is 11.4. The van der Waals surface area contributed by atoms with Crippen LogP contribution in [-0.4, -0.2) is 32.6 Å². The van der Waals surface area contributed by atoms with E-state index in [2.05, 4.69) is 5.32 Å². The molecule has 0 unspecified atom stereocenters. The summed E-state index contributed by atoms with van der Waals surface area (Å²) in [5, 5.41) is 4.00. The van der Waals surface area contributed by atoms with Crippen molar-refractivity contribution in [1.82, 2.24) is 5.32 Å². The molecule has 1 aliphatic heterocycles. The summed E-state index contributed by atoms with van der Waals surface area (Å²) in [6.07, 6.45) is 1.53. The lowest BCUT2D eigenvalue weighted by Gasteiger charge is -2.27. The third-order valence-electron chi connectivity index (χ3n) is 3.67. The van der Waals surface area contributed by atoms with Gasteiger partial charge in [-0.2, -0.15) is 0 Å². The van der Waals surface area contributed by atoms with Gasteiger partial charge in [0.1, 0.15) is 11.6 Å². The maximum absolute atomic E-state index is 12.7. The molecule has 1 heterocycles. The standard InChI is InChI=1S/C18H25NO5S/c1-11(2)15(17(21)24-18(3,4)5)19-16(20)13-7-6-8-14-12(13)9-10-25(14,22)23/h6-11,15,22-23H,1-5H3,(H,19,20)/t15-/m0/s1. The number of carbonyl (C=O) groups is 2. The third-order valence-corrected chi connectivity index (χ3v) is 5.19. The fourth-order valence-corrected chi connectivity index (χ4v) is 3.75. The summed E-state index contributed by atoms with van der Waals surface area (Å²) in [4.78, 5) is 25.4. The second kappa shape index (κ2) is 6.82. The predicted octanol–water partition coefficient (Wildman–Crippen LogP) is 3.88. The summed E-state index contributed by atoms with van der Waals surface area (Å²) in [6, 6.07) is 3.96. The number of esters is 1. The fourth-order valence-electron chi connectivity index (χ4n) is 2.49. The molecule has 0 bridgehead atoms. The Morgan fingerprint density at radius 3 is 2.40 bits per heavy atom. The quantitative estimate of drug-likeness (QED) is 0.702. The minimum absolute atomic E-state index is 0.161. The molecule has 1 atom stereocenters. The zero-order valence-corrected chi connectivity index (χ0v) is 15.9. The van der Waals surface area contributed by atoms with Gasteiger partial charge in [0.05, 0.1) is 4.90 Å². The molecule has 1 aromatic rings. The second-order valence-electron chi connectivity index (χ2n) is 7.34. The summed E-state index contributed by atoms with van der Waals surface area (Å²) >= 11 is 0. The van der Waals surface area contributed by atoms with E-state index in [1.807, 2.05) is 13.8 Å². The summed E-state index contributed by atoms with van der Waals surface area (Å²) in [5.74, 6) is -1.11. The van der Waals surface area contributed by atoms with Crippen LogP contribution in [0.5, 0.6) is 0 Å². The average molecular weight is 367 g/mol. The van der Waals surface area contributed by atoms with Crippen molar-refractivity contribution >= 4 is 28.5 Å². The molecule has 0 radical (unpaired) electrons. The van der Waals surface area contributed by atoms with Crippen LogP contribution in [0.1, 0.15) is 50.5 Å². The Bertz CT molecular complexity index is 719. The topological polar surface area (TPSA) is 95.9 Å². The number of fused-ring (bicyclic) bond motifs is 1. The number of hydrogen-bond donors (Lipinski definition) is 3. The van der Waals surface area contributed by atoms with Gasteiger partial charge in [-0.3, -0.25) is 13.9 Å². The van der Waals surface area contributed by atoms with E-state index in [0.29, 0.717) is 16.0 Å². The molecule has 0 aliphatic carbocycles. The molecule has 1 aliphatic rings. The SMILES string of the molecule is CC(C)[C@H](NC(=O)c1cccc2c1C=CS2(O)O)C(=O)OC(C)(C)C. The third kappa shape index (κ3) is 4.42. The number of nitrogens with one attached hydrogen (secondary N) is 1. The highest BCUT2D eigenvalue weighted by Gasteiger charge is 2.31. The maximum atomic E-state index is 12.7. The van der Waals surface area contributed by atoms with E-state index in [1.165, 1.54) is 11.5 Å². The van der Waals surface area contributed by atoms with Gasteiger partial charge in [-0.1, -0.05) is 19.9 Å². The molecule has 0 aromatic heterocycles. The Morgan fingerprint density at radius 1 is 1.20 bits per heavy atom. The van der Waals surface area contributed by atoms with Crippen molar-refractivity contribution in [3.8, 4) is 0 Å². The van der Waals surface area contributed by atoms with Crippen molar-refractivity contribution in [1.29, 1.82) is 0 Å². The van der Waals surface area contributed by atoms with Crippen molar-refractivity contribution in [2.24, 2.45) is 5.92 Å². The van der Waals surface area contributed by atoms with E-state index in [4.69, 9.17) is 4.74 Å². The maximum Gasteiger partial charge on any atom is 0.329 e. The van der Waals surface area contributed by atoms with Crippen LogP contribution in [-0.2, 0) is 9.53 Å². The van der Waals surface area contributed by atoms with Crippen LogP contribution in [0, 0.1) is 5.92 Å². The van der Waals surface area contributed by atoms with Crippen LogP contribution >= 0.6 is 10.6 Å². The first-order valence-electron chi connectivity index (χ1n) is 8.05. The molecule has 0 saturated carbocycles. The van der Waals surface area contributed by atoms with E-state index in [1.54, 1.807) is 39.0 Å². The Kier molecular flexibility index (Phi) is 5.32. The van der Waals surface area contributed by atoms with E-state index >= 15 is 0 Å². The molecule has 0 fully saturated rings. The molecule has 6 nitrogen and oxygen atoms in total. The van der Waals surface area contributed by atoms with Gasteiger partial charge in [0, 0.05) is 16.5 Å². The van der Waals surface area contributed by atoms with Crippen molar-refractivity contribution in [3.63, 3.8) is 0 Å². The number of amides is 1. The van der Waals surface area contributed by atoms with Crippen molar-refractivity contribution in [2.75, 3.05) is 0 Å². The van der Waals surface area contributed by atoms with E-state index in [9.17, 15) is 18.7 Å². The first-order valence-corrected chi connectivity index (χ1v) is 9.66. The van der Waals surface area contributed by atoms with Crippen LogP contribution in [0.4, 0.5) is 0 Å². The second-order valence-corrected chi connectivity index (χ2v) is 9.24. The Hall–Kier alpha value is -1.83. The van der Waals surface area contributed by atoms with Crippen molar-refractivity contribution < 1.29 is 23.4 Å². The van der Waals surface area contributed by atoms with Gasteiger partial charge in [-0.25, -0.2) is 4.79 Å². The van der Waals surface area contributed by atoms with Crippen molar-refractivity contribution in [2.45, 2.75) is 51.2 Å². The number of benzene rings is 1. The Labute approximate surface area is 149 Å². The minimum Gasteiger partial charge on any atom is -0.458 e. The van der Waals surface area contributed by atoms with E-state index in [-0.39, 0.29) is 5.92 Å². The summed E-state index contributed by atoms with van der Waals surface area (Å²) in [6.45, 7) is 8.94. The fraction of sp³-hybridized carbons (Fsp3) is 0.444. The summed E-state index contributed by atoms with van der Waals surface area (Å²) in [5.41, 5.74) is 0.106. The lowest BCUT2D eigenvalue weighted by molar-refractivity contribution is -0.158. The Balaban J connectivity index is 2.25. The summed E-state index contributed by atoms with van der Waals surface area (Å²) < 4.78 is 25.4. The lowest BCUT2D eigenvalue weighted by Crippen LogP contribution is -2.47. The van der Waals surface area contributed by atoms with Crippen LogP contribution in [0.25, 0.3) is 6.08 Å². The molecule has 0 spiro atoms. The molecule has 7 heteroatoms. The van der Waals surface area contributed by atoms with Gasteiger partial charge >= 0.3 is 5.97 Å². The largest absolute Gasteiger partial charge is 0.458 e. The van der Waals surface area contributed by atoms with Gasteiger partial charge in [0.2, 0.25) is 0 Å². The average Bonchev–Trinajstić information content (AvgIpc) is 2.78. The normalized spacial score (nSPS) is 17.8. The van der Waals surface area contributed by atoms with Crippen LogP contribution in [0.3, 0.4) is 0 Å². The number of hydrogen-bond acceptors (Lipinski definition) is 5. The predicted molar refractivity (Wildman–Crippen MR) is 98.5 cm³/mol. The van der Waals surface area contributed by atoms with Crippen LogP contribution in [0.15, 0.2) is 28.5 Å². The molecule has 3 N–H and O–H groups in total. The molecular formula is C18H25NO5S. The van der Waals surface area contributed by atoms with Crippen molar-refractivity contribution in [3.05, 3.63) is 34.7 Å². The van der Waals surface area contributed by atoms with Gasteiger partial charge in [0.25, 0.3) is 5.91 Å². The highest BCUT2D eigenvalue weighted by molar-refractivity contribution is 8.27. The van der Waals surface area contributed by atoms with Gasteiger partial charge in [-0.05, 0) is 44.9 Å². The van der Waals surface area contributed by atoms with Crippen LogP contribution in [0.2, 0.25) is 0 Å². The van der Waals surface area contributed by atoms with E-state index in [0.717, 1.165) is 0 Å². The molecule has 1 amide bonds. The zero-order chi connectivity index (χ0) is 19.0. The molecule has 25 heavy (non-hydrogen) atoms. The van der Waals surface area contributed by atoms with Gasteiger partial charge in [-0.15, -0.1) is 10.6 Å². The van der Waals surface area contributed by atoms with Gasteiger partial charge < -0.3 is 10.1 Å². The summed E-state index contributed by atoms with van der Waals surface area (Å²) in [7, 11) is -3.00. The monoisotopic (exact) mass is 367 g/mol. The smallest absolute Gasteiger partial charge is 0.329 e. The molecule has 1 aromatic carbocycles. The van der Waals surface area contributed by atoms with E-state index < -0.39 is 34.1 Å². The zero-order valence-electron chi connectivity index (χ0n) is 15.1. The highest BCUT2D eigenvalue weighted by Crippen LogP contribution is 2.56. The lowest BCUT2D eigenvalue weighted by atomic mass is 10.0.